The predicted molar refractivity (Wildman–Crippen MR) is 140 cm³/mol. The molecule has 1 atom stereocenters. The van der Waals surface area contributed by atoms with Crippen molar-refractivity contribution < 1.29 is 9.59 Å². The summed E-state index contributed by atoms with van der Waals surface area (Å²) in [6.45, 7) is 0.877. The fourth-order valence-electron chi connectivity index (χ4n) is 3.88. The second-order valence-electron chi connectivity index (χ2n) is 8.04. The Labute approximate surface area is 214 Å². The van der Waals surface area contributed by atoms with E-state index in [0.717, 1.165) is 11.1 Å². The minimum Gasteiger partial charge on any atom is -0.336 e. The maximum Gasteiger partial charge on any atom is 0.252 e. The molecule has 3 aromatic rings. The van der Waals surface area contributed by atoms with Gasteiger partial charge in [0.1, 0.15) is 6.04 Å². The molecule has 0 saturated carbocycles. The Hall–Kier alpha value is -2.93. The molecule has 1 saturated heterocycles. The second kappa shape index (κ2) is 11.0. The van der Waals surface area contributed by atoms with E-state index in [2.05, 4.69) is 5.32 Å². The van der Waals surface area contributed by atoms with Crippen LogP contribution in [-0.2, 0) is 22.6 Å². The fraction of sp³-hybridized carbons (Fsp3) is 0.192. The molecule has 0 spiro atoms. The molecule has 0 aromatic heterocycles. The van der Waals surface area contributed by atoms with Gasteiger partial charge in [0.05, 0.1) is 13.0 Å². The van der Waals surface area contributed by atoms with Crippen LogP contribution in [0.5, 0.6) is 0 Å². The maximum absolute atomic E-state index is 13.4. The minimum atomic E-state index is -0.671. The molecule has 34 heavy (non-hydrogen) atoms. The van der Waals surface area contributed by atoms with E-state index >= 15 is 0 Å². The lowest BCUT2D eigenvalue weighted by Crippen LogP contribution is -2.39. The minimum absolute atomic E-state index is 0.00644. The maximum atomic E-state index is 13.4. The molecule has 174 valence electrons. The van der Waals surface area contributed by atoms with Crippen molar-refractivity contribution in [1.82, 2.24) is 9.80 Å². The summed E-state index contributed by atoms with van der Waals surface area (Å²) in [7, 11) is 0. The van der Waals surface area contributed by atoms with Crippen molar-refractivity contribution in [3.05, 3.63) is 100 Å². The number of rotatable bonds is 8. The van der Waals surface area contributed by atoms with E-state index in [1.54, 1.807) is 29.2 Å². The zero-order chi connectivity index (χ0) is 24.1. The van der Waals surface area contributed by atoms with Gasteiger partial charge in [0, 0.05) is 22.3 Å². The van der Waals surface area contributed by atoms with Crippen molar-refractivity contribution in [2.45, 2.75) is 25.4 Å². The van der Waals surface area contributed by atoms with E-state index in [1.165, 1.54) is 0 Å². The molecule has 8 heteroatoms. The van der Waals surface area contributed by atoms with E-state index in [0.29, 0.717) is 40.4 Å². The average molecular weight is 512 g/mol. The first kappa shape index (κ1) is 24.2. The van der Waals surface area contributed by atoms with Crippen LogP contribution in [0.25, 0.3) is 0 Å². The van der Waals surface area contributed by atoms with Gasteiger partial charge in [0.15, 0.2) is 5.11 Å². The summed E-state index contributed by atoms with van der Waals surface area (Å²) in [4.78, 5) is 29.7. The highest BCUT2D eigenvalue weighted by Gasteiger charge is 2.43. The molecule has 4 rings (SSSR count). The number of amides is 2. The molecule has 0 unspecified atom stereocenters. The molecular weight excluding hydrogens is 489 g/mol. The topological polar surface area (TPSA) is 52.7 Å². The number of nitrogens with zero attached hydrogens (tertiary/aromatic N) is 2. The van der Waals surface area contributed by atoms with Gasteiger partial charge in [0.2, 0.25) is 5.91 Å². The molecule has 1 N–H and O–H groups in total. The zero-order valence-electron chi connectivity index (χ0n) is 18.3. The van der Waals surface area contributed by atoms with Crippen molar-refractivity contribution in [1.29, 1.82) is 0 Å². The van der Waals surface area contributed by atoms with Crippen LogP contribution in [0.3, 0.4) is 0 Å². The van der Waals surface area contributed by atoms with E-state index in [-0.39, 0.29) is 18.2 Å². The van der Waals surface area contributed by atoms with Gasteiger partial charge < -0.3 is 10.2 Å². The van der Waals surface area contributed by atoms with E-state index in [9.17, 15) is 9.59 Å². The van der Waals surface area contributed by atoms with Gasteiger partial charge in [-0.1, -0.05) is 65.7 Å². The standard InChI is InChI=1S/C26H23Cl2N3O2S/c27-20-8-6-18(7-9-20)14-15-30-23(16-24(32)29-22-12-10-21(28)11-13-22)25(33)31(26(30)34)17-19-4-2-1-3-5-19/h1-13,23H,14-17H2,(H,29,32)/t23-/m1/s1. The van der Waals surface area contributed by atoms with Crippen LogP contribution in [0.2, 0.25) is 10.0 Å². The van der Waals surface area contributed by atoms with Crippen LogP contribution in [-0.4, -0.2) is 39.3 Å². The number of benzene rings is 3. The van der Waals surface area contributed by atoms with Crippen molar-refractivity contribution in [3.63, 3.8) is 0 Å². The number of halogens is 2. The first-order valence-electron chi connectivity index (χ1n) is 10.9. The molecule has 0 bridgehead atoms. The third-order valence-corrected chi connectivity index (χ3v) is 6.61. The van der Waals surface area contributed by atoms with Crippen molar-refractivity contribution in [2.24, 2.45) is 0 Å². The van der Waals surface area contributed by atoms with Gasteiger partial charge in [-0.2, -0.15) is 0 Å². The van der Waals surface area contributed by atoms with Gasteiger partial charge >= 0.3 is 0 Å². The van der Waals surface area contributed by atoms with Crippen LogP contribution in [0, 0.1) is 0 Å². The van der Waals surface area contributed by atoms with Gasteiger partial charge in [-0.25, -0.2) is 0 Å². The van der Waals surface area contributed by atoms with Crippen molar-refractivity contribution in [3.8, 4) is 0 Å². The van der Waals surface area contributed by atoms with Gasteiger partial charge in [-0.3, -0.25) is 14.5 Å². The van der Waals surface area contributed by atoms with Gasteiger partial charge in [0.25, 0.3) is 5.91 Å². The van der Waals surface area contributed by atoms with E-state index in [1.807, 2.05) is 59.5 Å². The number of nitrogens with one attached hydrogen (secondary N) is 1. The number of hydrogen-bond donors (Lipinski definition) is 1. The molecular formula is C26H23Cl2N3O2S. The highest BCUT2D eigenvalue weighted by atomic mass is 35.5. The molecule has 1 aliphatic rings. The Balaban J connectivity index is 1.50. The highest BCUT2D eigenvalue weighted by Crippen LogP contribution is 2.24. The second-order valence-corrected chi connectivity index (χ2v) is 9.28. The summed E-state index contributed by atoms with van der Waals surface area (Å²) < 4.78 is 0. The molecule has 0 radical (unpaired) electrons. The van der Waals surface area contributed by atoms with Crippen LogP contribution in [0.4, 0.5) is 5.69 Å². The lowest BCUT2D eigenvalue weighted by atomic mass is 10.1. The smallest absolute Gasteiger partial charge is 0.252 e. The summed E-state index contributed by atoms with van der Waals surface area (Å²) in [6, 6.07) is 23.4. The number of anilines is 1. The summed E-state index contributed by atoms with van der Waals surface area (Å²) in [5.74, 6) is -0.433. The molecule has 1 aliphatic heterocycles. The number of carbonyl (C=O) groups is 2. The first-order chi connectivity index (χ1) is 16.4. The SMILES string of the molecule is O=C(C[C@@H]1C(=O)N(Cc2ccccc2)C(=S)N1CCc1ccc(Cl)cc1)Nc1ccc(Cl)cc1. The van der Waals surface area contributed by atoms with Crippen LogP contribution in [0.15, 0.2) is 78.9 Å². The lowest BCUT2D eigenvalue weighted by Gasteiger charge is -2.24. The predicted octanol–water partition coefficient (Wildman–Crippen LogP) is 5.56. The molecule has 3 aromatic carbocycles. The van der Waals surface area contributed by atoms with Crippen LogP contribution in [0.1, 0.15) is 17.5 Å². The Morgan fingerprint density at radius 2 is 1.50 bits per heavy atom. The Bertz CT molecular complexity index is 1170. The normalized spacial score (nSPS) is 15.6. The van der Waals surface area contributed by atoms with Gasteiger partial charge in [-0.05, 0) is 66.2 Å². The summed E-state index contributed by atoms with van der Waals surface area (Å²) in [5.41, 5.74) is 2.67. The quantitative estimate of drug-likeness (QED) is 0.402. The zero-order valence-corrected chi connectivity index (χ0v) is 20.6. The number of carbonyl (C=O) groups excluding carboxylic acids is 2. The van der Waals surface area contributed by atoms with E-state index < -0.39 is 6.04 Å². The molecule has 0 aliphatic carbocycles. The average Bonchev–Trinajstić information content (AvgIpc) is 3.04. The molecule has 1 fully saturated rings. The lowest BCUT2D eigenvalue weighted by molar-refractivity contribution is -0.131. The monoisotopic (exact) mass is 511 g/mol. The summed E-state index contributed by atoms with van der Waals surface area (Å²) in [5, 5.41) is 4.53. The third kappa shape index (κ3) is 5.95. The summed E-state index contributed by atoms with van der Waals surface area (Å²) >= 11 is 17.6. The molecule has 1 heterocycles. The largest absolute Gasteiger partial charge is 0.336 e. The summed E-state index contributed by atoms with van der Waals surface area (Å²) in [6.07, 6.45) is 0.659. The van der Waals surface area contributed by atoms with Crippen LogP contribution < -0.4 is 5.32 Å². The van der Waals surface area contributed by atoms with Gasteiger partial charge in [-0.15, -0.1) is 0 Å². The van der Waals surface area contributed by atoms with Crippen molar-refractivity contribution >= 4 is 58.0 Å². The van der Waals surface area contributed by atoms with Crippen molar-refractivity contribution in [2.75, 3.05) is 11.9 Å². The first-order valence-corrected chi connectivity index (χ1v) is 12.0. The molecule has 5 nitrogen and oxygen atoms in total. The third-order valence-electron chi connectivity index (χ3n) is 5.65. The number of hydrogen-bond acceptors (Lipinski definition) is 3. The Kier molecular flexibility index (Phi) is 7.83. The van der Waals surface area contributed by atoms with Crippen LogP contribution >= 0.6 is 35.4 Å². The Morgan fingerprint density at radius 1 is 0.882 bits per heavy atom. The molecule has 2 amide bonds. The Morgan fingerprint density at radius 3 is 2.15 bits per heavy atom. The highest BCUT2D eigenvalue weighted by molar-refractivity contribution is 7.80. The van der Waals surface area contributed by atoms with E-state index in [4.69, 9.17) is 35.4 Å². The number of thiocarbonyl (C=S) groups is 1. The fourth-order valence-corrected chi connectivity index (χ4v) is 4.50.